The molecule has 0 aliphatic heterocycles. The van der Waals surface area contributed by atoms with Gasteiger partial charge in [0.25, 0.3) is 0 Å². The molecule has 0 radical (unpaired) electrons. The van der Waals surface area contributed by atoms with Crippen LogP contribution < -0.4 is 5.32 Å². The molecular formula is C18H24ClNO. The molecule has 3 heteroatoms. The Morgan fingerprint density at radius 1 is 1.24 bits per heavy atom. The molecule has 2 nitrogen and oxygen atoms in total. The van der Waals surface area contributed by atoms with Crippen molar-refractivity contribution in [3.05, 3.63) is 58.5 Å². The van der Waals surface area contributed by atoms with Crippen LogP contribution >= 0.6 is 11.6 Å². The van der Waals surface area contributed by atoms with Gasteiger partial charge in [-0.3, -0.25) is 0 Å². The Morgan fingerprint density at radius 2 is 2.00 bits per heavy atom. The predicted octanol–water partition coefficient (Wildman–Crippen LogP) is 5.09. The smallest absolute Gasteiger partial charge is 0.109 e. The molecule has 0 bridgehead atoms. The molecule has 2 rings (SSSR count). The minimum atomic E-state index is 0.0228. The Hall–Kier alpha value is -1.25. The van der Waals surface area contributed by atoms with Crippen LogP contribution in [0.4, 0.5) is 0 Å². The zero-order valence-corrected chi connectivity index (χ0v) is 14.0. The molecule has 0 aliphatic rings. The molecule has 1 unspecified atom stereocenters. The number of rotatable bonds is 6. The quantitative estimate of drug-likeness (QED) is 0.804. The van der Waals surface area contributed by atoms with Crippen LogP contribution in [0.1, 0.15) is 44.3 Å². The van der Waals surface area contributed by atoms with Crippen molar-refractivity contribution in [2.75, 3.05) is 0 Å². The zero-order valence-electron chi connectivity index (χ0n) is 13.2. The van der Waals surface area contributed by atoms with Crippen molar-refractivity contribution >= 4 is 11.6 Å². The summed E-state index contributed by atoms with van der Waals surface area (Å²) < 4.78 is 5.78. The highest BCUT2D eigenvalue weighted by atomic mass is 35.5. The van der Waals surface area contributed by atoms with Gasteiger partial charge in [0.1, 0.15) is 11.5 Å². The number of aryl methyl sites for hydroxylation is 1. The van der Waals surface area contributed by atoms with Gasteiger partial charge in [0.15, 0.2) is 0 Å². The third kappa shape index (κ3) is 4.62. The molecular weight excluding hydrogens is 282 g/mol. The fourth-order valence-electron chi connectivity index (χ4n) is 2.68. The van der Waals surface area contributed by atoms with E-state index in [2.05, 4.69) is 38.2 Å². The topological polar surface area (TPSA) is 25.2 Å². The van der Waals surface area contributed by atoms with Gasteiger partial charge < -0.3 is 9.73 Å². The van der Waals surface area contributed by atoms with Crippen molar-refractivity contribution in [1.82, 2.24) is 5.32 Å². The van der Waals surface area contributed by atoms with Crippen LogP contribution in [0.25, 0.3) is 0 Å². The second-order valence-electron chi connectivity index (χ2n) is 6.41. The van der Waals surface area contributed by atoms with E-state index in [1.54, 1.807) is 0 Å². The van der Waals surface area contributed by atoms with E-state index in [1.807, 2.05) is 31.2 Å². The van der Waals surface area contributed by atoms with Gasteiger partial charge in [-0.05, 0) is 50.1 Å². The highest BCUT2D eigenvalue weighted by Gasteiger charge is 2.26. The van der Waals surface area contributed by atoms with E-state index in [0.29, 0.717) is 6.04 Å². The SMILES string of the molecule is Cc1ccc(C(C)(C)CC(C)NCc2cccc(Cl)c2)o1. The fraction of sp³-hybridized carbons (Fsp3) is 0.444. The second-order valence-corrected chi connectivity index (χ2v) is 6.85. The number of hydrogen-bond acceptors (Lipinski definition) is 2. The van der Waals surface area contributed by atoms with Crippen molar-refractivity contribution in [2.24, 2.45) is 0 Å². The Kier molecular flexibility index (Phi) is 5.13. The molecule has 1 aromatic heterocycles. The van der Waals surface area contributed by atoms with Gasteiger partial charge in [-0.2, -0.15) is 0 Å². The molecule has 21 heavy (non-hydrogen) atoms. The number of benzene rings is 1. The third-order valence-electron chi connectivity index (χ3n) is 3.77. The average Bonchev–Trinajstić information content (AvgIpc) is 2.84. The molecule has 0 saturated carbocycles. The molecule has 0 fully saturated rings. The Balaban J connectivity index is 1.90. The largest absolute Gasteiger partial charge is 0.466 e. The Bertz CT molecular complexity index is 588. The van der Waals surface area contributed by atoms with Gasteiger partial charge in [-0.25, -0.2) is 0 Å². The first-order valence-corrected chi connectivity index (χ1v) is 7.79. The first-order chi connectivity index (χ1) is 9.87. The fourth-order valence-corrected chi connectivity index (χ4v) is 2.89. The molecule has 114 valence electrons. The zero-order chi connectivity index (χ0) is 15.5. The molecule has 0 aliphatic carbocycles. The molecule has 2 aromatic rings. The van der Waals surface area contributed by atoms with Crippen LogP contribution in [0.3, 0.4) is 0 Å². The van der Waals surface area contributed by atoms with Gasteiger partial charge >= 0.3 is 0 Å². The van der Waals surface area contributed by atoms with Crippen LogP contribution in [-0.2, 0) is 12.0 Å². The number of nitrogens with one attached hydrogen (secondary N) is 1. The van der Waals surface area contributed by atoms with Crippen molar-refractivity contribution < 1.29 is 4.42 Å². The lowest BCUT2D eigenvalue weighted by Crippen LogP contribution is -2.32. The molecule has 1 N–H and O–H groups in total. The minimum absolute atomic E-state index is 0.0228. The molecule has 1 atom stereocenters. The van der Waals surface area contributed by atoms with E-state index < -0.39 is 0 Å². The monoisotopic (exact) mass is 305 g/mol. The summed E-state index contributed by atoms with van der Waals surface area (Å²) in [5, 5.41) is 4.34. The predicted molar refractivity (Wildman–Crippen MR) is 88.8 cm³/mol. The Morgan fingerprint density at radius 3 is 2.62 bits per heavy atom. The number of furan rings is 1. The minimum Gasteiger partial charge on any atom is -0.466 e. The summed E-state index contributed by atoms with van der Waals surface area (Å²) in [7, 11) is 0. The van der Waals surface area contributed by atoms with Crippen LogP contribution in [-0.4, -0.2) is 6.04 Å². The lowest BCUT2D eigenvalue weighted by Gasteiger charge is -2.26. The second kappa shape index (κ2) is 6.67. The van der Waals surface area contributed by atoms with E-state index in [9.17, 15) is 0 Å². The van der Waals surface area contributed by atoms with Crippen LogP contribution in [0.15, 0.2) is 40.8 Å². The van der Waals surface area contributed by atoms with Gasteiger partial charge in [0, 0.05) is 23.0 Å². The maximum absolute atomic E-state index is 6.01. The lowest BCUT2D eigenvalue weighted by molar-refractivity contribution is 0.319. The first kappa shape index (κ1) is 16.1. The van der Waals surface area contributed by atoms with Crippen molar-refractivity contribution in [3.8, 4) is 0 Å². The van der Waals surface area contributed by atoms with Gasteiger partial charge in [0.2, 0.25) is 0 Å². The van der Waals surface area contributed by atoms with Crippen molar-refractivity contribution in [2.45, 2.75) is 52.1 Å². The summed E-state index contributed by atoms with van der Waals surface area (Å²) in [5.41, 5.74) is 1.23. The highest BCUT2D eigenvalue weighted by molar-refractivity contribution is 6.30. The number of halogens is 1. The van der Waals surface area contributed by atoms with E-state index in [0.717, 1.165) is 29.5 Å². The van der Waals surface area contributed by atoms with Crippen LogP contribution in [0.2, 0.25) is 5.02 Å². The average molecular weight is 306 g/mol. The summed E-state index contributed by atoms with van der Waals surface area (Å²) in [5.74, 6) is 2.02. The molecule has 1 heterocycles. The highest BCUT2D eigenvalue weighted by Crippen LogP contribution is 2.29. The summed E-state index contributed by atoms with van der Waals surface area (Å²) in [6.07, 6.45) is 1.01. The summed E-state index contributed by atoms with van der Waals surface area (Å²) in [6, 6.07) is 12.5. The Labute approximate surface area is 132 Å². The van der Waals surface area contributed by atoms with Crippen molar-refractivity contribution in [1.29, 1.82) is 0 Å². The molecule has 1 aromatic carbocycles. The van der Waals surface area contributed by atoms with Gasteiger partial charge in [-0.1, -0.05) is 37.6 Å². The van der Waals surface area contributed by atoms with E-state index in [4.69, 9.17) is 16.0 Å². The van der Waals surface area contributed by atoms with Gasteiger partial charge in [-0.15, -0.1) is 0 Å². The van der Waals surface area contributed by atoms with E-state index >= 15 is 0 Å². The standard InChI is InChI=1S/C18H24ClNO/c1-13(20-12-15-6-5-7-16(19)10-15)11-18(3,4)17-9-8-14(2)21-17/h5-10,13,20H,11-12H2,1-4H3. The molecule has 0 saturated heterocycles. The van der Waals surface area contributed by atoms with Gasteiger partial charge in [0.05, 0.1) is 0 Å². The number of hydrogen-bond donors (Lipinski definition) is 1. The van der Waals surface area contributed by atoms with Crippen LogP contribution in [0, 0.1) is 6.92 Å². The summed E-state index contributed by atoms with van der Waals surface area (Å²) in [4.78, 5) is 0. The maximum Gasteiger partial charge on any atom is 0.109 e. The van der Waals surface area contributed by atoms with E-state index in [1.165, 1.54) is 5.56 Å². The molecule has 0 spiro atoms. The van der Waals surface area contributed by atoms with E-state index in [-0.39, 0.29) is 5.41 Å². The summed E-state index contributed by atoms with van der Waals surface area (Å²) >= 11 is 6.01. The maximum atomic E-state index is 6.01. The third-order valence-corrected chi connectivity index (χ3v) is 4.00. The van der Waals surface area contributed by atoms with Crippen molar-refractivity contribution in [3.63, 3.8) is 0 Å². The lowest BCUT2D eigenvalue weighted by atomic mass is 9.83. The normalized spacial score (nSPS) is 13.4. The summed E-state index contributed by atoms with van der Waals surface area (Å²) in [6.45, 7) is 9.48. The van der Waals surface area contributed by atoms with Crippen LogP contribution in [0.5, 0.6) is 0 Å². The molecule has 0 amide bonds. The first-order valence-electron chi connectivity index (χ1n) is 7.41.